The molecule has 0 bridgehead atoms. The van der Waals surface area contributed by atoms with Crippen molar-refractivity contribution < 1.29 is 23.4 Å². The van der Waals surface area contributed by atoms with Crippen LogP contribution in [0.15, 0.2) is 24.3 Å². The van der Waals surface area contributed by atoms with Gasteiger partial charge in [0.2, 0.25) is 5.91 Å². The zero-order valence-electron chi connectivity index (χ0n) is 11.1. The van der Waals surface area contributed by atoms with Gasteiger partial charge in [-0.05, 0) is 12.1 Å². The predicted molar refractivity (Wildman–Crippen MR) is 74.3 cm³/mol. The Hall–Kier alpha value is -1.60. The van der Waals surface area contributed by atoms with Crippen LogP contribution in [0, 0.1) is 0 Å². The number of nitrogens with zero attached hydrogens (tertiary/aromatic N) is 1. The van der Waals surface area contributed by atoms with E-state index in [9.17, 15) is 23.4 Å². The smallest absolute Gasteiger partial charge is 0.227 e. The van der Waals surface area contributed by atoms with E-state index in [1.807, 2.05) is 0 Å². The maximum absolute atomic E-state index is 12.1. The van der Waals surface area contributed by atoms with E-state index in [0.29, 0.717) is 5.69 Å². The van der Waals surface area contributed by atoms with E-state index in [1.54, 1.807) is 19.1 Å². The highest BCUT2D eigenvalue weighted by atomic mass is 32.2. The van der Waals surface area contributed by atoms with E-state index < -0.39 is 22.0 Å². The number of anilines is 1. The molecular formula is C13H17NO5S. The van der Waals surface area contributed by atoms with Gasteiger partial charge in [0.25, 0.3) is 0 Å². The number of benzene rings is 1. The number of hydrogen-bond donors (Lipinski definition) is 2. The normalized spacial score (nSPS) is 24.5. The van der Waals surface area contributed by atoms with Crippen LogP contribution in [0.3, 0.4) is 0 Å². The number of sulfone groups is 1. The van der Waals surface area contributed by atoms with Crippen LogP contribution in [0.25, 0.3) is 0 Å². The minimum atomic E-state index is -3.36. The van der Waals surface area contributed by atoms with Crippen molar-refractivity contribution in [2.75, 3.05) is 16.4 Å². The largest absolute Gasteiger partial charge is 0.508 e. The first-order chi connectivity index (χ1) is 9.34. The molecule has 20 heavy (non-hydrogen) atoms. The molecule has 7 heteroatoms. The SMILES string of the molecule is CCC(=O)N(c1cccc(O)c1)C1CS(=O)(=O)CC1O. The van der Waals surface area contributed by atoms with Gasteiger partial charge in [0, 0.05) is 18.2 Å². The molecule has 2 atom stereocenters. The van der Waals surface area contributed by atoms with Crippen LogP contribution in [0.4, 0.5) is 5.69 Å². The summed E-state index contributed by atoms with van der Waals surface area (Å²) in [5, 5.41) is 19.4. The average Bonchev–Trinajstić information content (AvgIpc) is 2.63. The molecule has 0 saturated carbocycles. The number of carbonyl (C=O) groups is 1. The summed E-state index contributed by atoms with van der Waals surface area (Å²) in [5.74, 6) is -0.928. The minimum Gasteiger partial charge on any atom is -0.508 e. The Morgan fingerprint density at radius 3 is 2.60 bits per heavy atom. The van der Waals surface area contributed by atoms with E-state index in [-0.39, 0.29) is 29.6 Å². The quantitative estimate of drug-likeness (QED) is 0.836. The lowest BCUT2D eigenvalue weighted by atomic mass is 10.1. The third kappa shape index (κ3) is 2.94. The number of aliphatic hydroxyl groups excluding tert-OH is 1. The first kappa shape index (κ1) is 14.8. The van der Waals surface area contributed by atoms with Crippen LogP contribution in [0.5, 0.6) is 5.75 Å². The van der Waals surface area contributed by atoms with Crippen molar-refractivity contribution in [3.63, 3.8) is 0 Å². The fourth-order valence-corrected chi connectivity index (χ4v) is 4.16. The highest BCUT2D eigenvalue weighted by Crippen LogP contribution is 2.28. The van der Waals surface area contributed by atoms with Crippen LogP contribution in [-0.2, 0) is 14.6 Å². The standard InChI is InChI=1S/C13H17NO5S/c1-2-13(17)14(9-4-3-5-10(15)6-9)11-7-20(18,19)8-12(11)16/h3-6,11-12,15-16H,2,7-8H2,1H3. The van der Waals surface area contributed by atoms with Crippen molar-refractivity contribution in [2.45, 2.75) is 25.5 Å². The predicted octanol–water partition coefficient (Wildman–Crippen LogP) is 0.293. The fourth-order valence-electron chi connectivity index (χ4n) is 2.39. The summed E-state index contributed by atoms with van der Waals surface area (Å²) in [7, 11) is -3.36. The molecule has 1 fully saturated rings. The third-order valence-corrected chi connectivity index (χ3v) is 5.00. The summed E-state index contributed by atoms with van der Waals surface area (Å²) < 4.78 is 23.2. The summed E-state index contributed by atoms with van der Waals surface area (Å²) in [6.07, 6.45) is -0.934. The monoisotopic (exact) mass is 299 g/mol. The summed E-state index contributed by atoms with van der Waals surface area (Å²) in [4.78, 5) is 13.4. The first-order valence-corrected chi connectivity index (χ1v) is 8.16. The van der Waals surface area contributed by atoms with Gasteiger partial charge in [-0.1, -0.05) is 13.0 Å². The number of aromatic hydroxyl groups is 1. The van der Waals surface area contributed by atoms with Gasteiger partial charge in [0.15, 0.2) is 9.84 Å². The maximum atomic E-state index is 12.1. The second-order valence-corrected chi connectivity index (χ2v) is 7.00. The molecule has 1 heterocycles. The number of hydrogen-bond acceptors (Lipinski definition) is 5. The van der Waals surface area contributed by atoms with Crippen LogP contribution in [-0.4, -0.2) is 48.2 Å². The lowest BCUT2D eigenvalue weighted by Crippen LogP contribution is -2.46. The molecule has 2 unspecified atom stereocenters. The van der Waals surface area contributed by atoms with Crippen LogP contribution < -0.4 is 4.90 Å². The van der Waals surface area contributed by atoms with E-state index in [1.165, 1.54) is 17.0 Å². The lowest BCUT2D eigenvalue weighted by Gasteiger charge is -2.30. The molecule has 1 amide bonds. The summed E-state index contributed by atoms with van der Waals surface area (Å²) in [6.45, 7) is 1.66. The molecule has 1 aliphatic rings. The zero-order valence-corrected chi connectivity index (χ0v) is 11.9. The van der Waals surface area contributed by atoms with Crippen molar-refractivity contribution in [1.29, 1.82) is 0 Å². The second-order valence-electron chi connectivity index (χ2n) is 4.85. The van der Waals surface area contributed by atoms with Gasteiger partial charge in [0.05, 0.1) is 23.7 Å². The Morgan fingerprint density at radius 2 is 2.10 bits per heavy atom. The van der Waals surface area contributed by atoms with E-state index >= 15 is 0 Å². The highest BCUT2D eigenvalue weighted by molar-refractivity contribution is 7.91. The van der Waals surface area contributed by atoms with E-state index in [4.69, 9.17) is 0 Å². The maximum Gasteiger partial charge on any atom is 0.227 e. The number of phenols is 1. The van der Waals surface area contributed by atoms with Crippen LogP contribution in [0.2, 0.25) is 0 Å². The van der Waals surface area contributed by atoms with Crippen molar-refractivity contribution in [2.24, 2.45) is 0 Å². The fraction of sp³-hybridized carbons (Fsp3) is 0.462. The summed E-state index contributed by atoms with van der Waals surface area (Å²) in [6, 6.07) is 5.20. The van der Waals surface area contributed by atoms with Crippen molar-refractivity contribution >= 4 is 21.4 Å². The molecule has 2 rings (SSSR count). The molecule has 110 valence electrons. The van der Waals surface area contributed by atoms with E-state index in [0.717, 1.165) is 0 Å². The van der Waals surface area contributed by atoms with E-state index in [2.05, 4.69) is 0 Å². The Bertz CT molecular complexity index is 613. The van der Waals surface area contributed by atoms with Crippen molar-refractivity contribution in [1.82, 2.24) is 0 Å². The molecule has 1 saturated heterocycles. The second kappa shape index (κ2) is 5.41. The Balaban J connectivity index is 2.41. The molecule has 1 aromatic carbocycles. The van der Waals surface area contributed by atoms with Gasteiger partial charge in [-0.2, -0.15) is 0 Å². The molecule has 6 nitrogen and oxygen atoms in total. The Morgan fingerprint density at radius 1 is 1.40 bits per heavy atom. The third-order valence-electron chi connectivity index (χ3n) is 3.30. The van der Waals surface area contributed by atoms with Gasteiger partial charge in [-0.15, -0.1) is 0 Å². The van der Waals surface area contributed by atoms with Crippen LogP contribution >= 0.6 is 0 Å². The number of aliphatic hydroxyl groups is 1. The Labute approximate surface area is 117 Å². The molecular weight excluding hydrogens is 282 g/mol. The van der Waals surface area contributed by atoms with Crippen molar-refractivity contribution in [3.05, 3.63) is 24.3 Å². The molecule has 0 spiro atoms. The summed E-state index contributed by atoms with van der Waals surface area (Å²) in [5.41, 5.74) is 0.387. The van der Waals surface area contributed by atoms with Crippen molar-refractivity contribution in [3.8, 4) is 5.75 Å². The molecule has 2 N–H and O–H groups in total. The van der Waals surface area contributed by atoms with Crippen LogP contribution in [0.1, 0.15) is 13.3 Å². The topological polar surface area (TPSA) is 94.9 Å². The summed E-state index contributed by atoms with van der Waals surface area (Å²) >= 11 is 0. The molecule has 1 aliphatic heterocycles. The zero-order chi connectivity index (χ0) is 14.9. The van der Waals surface area contributed by atoms with Gasteiger partial charge in [0.1, 0.15) is 5.75 Å². The van der Waals surface area contributed by atoms with Gasteiger partial charge in [-0.3, -0.25) is 4.79 Å². The highest BCUT2D eigenvalue weighted by Gasteiger charge is 2.42. The average molecular weight is 299 g/mol. The minimum absolute atomic E-state index is 0.0215. The first-order valence-electron chi connectivity index (χ1n) is 6.33. The lowest BCUT2D eigenvalue weighted by molar-refractivity contribution is -0.119. The Kier molecular flexibility index (Phi) is 4.01. The molecule has 0 aliphatic carbocycles. The number of rotatable bonds is 3. The number of amides is 1. The van der Waals surface area contributed by atoms with Gasteiger partial charge in [-0.25, -0.2) is 8.42 Å². The van der Waals surface area contributed by atoms with Gasteiger partial charge < -0.3 is 15.1 Å². The number of carbonyl (C=O) groups excluding carboxylic acids is 1. The molecule has 0 radical (unpaired) electrons. The van der Waals surface area contributed by atoms with Gasteiger partial charge >= 0.3 is 0 Å². The number of phenolic OH excluding ortho intramolecular Hbond substituents is 1. The molecule has 0 aromatic heterocycles. The molecule has 1 aromatic rings.